The predicted molar refractivity (Wildman–Crippen MR) is 50.4 cm³/mol. The van der Waals surface area contributed by atoms with E-state index in [4.69, 9.17) is 9.63 Å². The molecule has 6 nitrogen and oxygen atoms in total. The highest BCUT2D eigenvalue weighted by Crippen LogP contribution is 2.02. The number of aliphatic carboxylic acids is 1. The highest BCUT2D eigenvalue weighted by molar-refractivity contribution is 5.91. The molecular formula is C9H12N2O4. The molecule has 0 fully saturated rings. The second-order valence-electron chi connectivity index (χ2n) is 3.28. The van der Waals surface area contributed by atoms with E-state index in [-0.39, 0.29) is 12.3 Å². The molecule has 1 amide bonds. The summed E-state index contributed by atoms with van der Waals surface area (Å²) in [5.41, 5.74) is 0.603. The Kier molecular flexibility index (Phi) is 3.43. The third kappa shape index (κ3) is 3.08. The van der Waals surface area contributed by atoms with E-state index in [0.717, 1.165) is 0 Å². The minimum Gasteiger partial charge on any atom is -0.481 e. The number of amides is 1. The van der Waals surface area contributed by atoms with Gasteiger partial charge < -0.3 is 14.9 Å². The zero-order valence-electron chi connectivity index (χ0n) is 8.48. The molecule has 1 aromatic rings. The van der Waals surface area contributed by atoms with Gasteiger partial charge in [0.15, 0.2) is 0 Å². The molecule has 6 heteroatoms. The number of carboxylic acid groups (broad SMARTS) is 1. The molecule has 2 N–H and O–H groups in total. The maximum Gasteiger partial charge on any atom is 0.308 e. The minimum absolute atomic E-state index is 0.0634. The number of carbonyl (C=O) groups is 2. The lowest BCUT2D eigenvalue weighted by molar-refractivity contribution is -0.140. The summed E-state index contributed by atoms with van der Waals surface area (Å²) in [6.45, 7) is 3.27. The van der Waals surface area contributed by atoms with Gasteiger partial charge in [-0.25, -0.2) is 0 Å². The van der Waals surface area contributed by atoms with Crippen molar-refractivity contribution in [3.05, 3.63) is 17.5 Å². The fraction of sp³-hybridized carbons (Fsp3) is 0.444. The van der Waals surface area contributed by atoms with Crippen molar-refractivity contribution in [3.63, 3.8) is 0 Å². The zero-order chi connectivity index (χ0) is 11.4. The molecule has 0 aromatic carbocycles. The number of carbonyl (C=O) groups excluding carboxylic acids is 1. The van der Waals surface area contributed by atoms with Crippen LogP contribution in [0.3, 0.4) is 0 Å². The van der Waals surface area contributed by atoms with Crippen LogP contribution in [0.15, 0.2) is 10.6 Å². The Labute approximate surface area is 86.3 Å². The van der Waals surface area contributed by atoms with Crippen molar-refractivity contribution in [2.75, 3.05) is 6.54 Å². The van der Waals surface area contributed by atoms with Crippen molar-refractivity contribution < 1.29 is 19.2 Å². The van der Waals surface area contributed by atoms with Crippen molar-refractivity contribution in [1.29, 1.82) is 0 Å². The average molecular weight is 212 g/mol. The first-order valence-corrected chi connectivity index (χ1v) is 4.45. The monoisotopic (exact) mass is 212 g/mol. The van der Waals surface area contributed by atoms with E-state index in [2.05, 4.69) is 10.5 Å². The van der Waals surface area contributed by atoms with Gasteiger partial charge in [-0.3, -0.25) is 9.59 Å². The van der Waals surface area contributed by atoms with Gasteiger partial charge in [-0.15, -0.1) is 0 Å². The second-order valence-corrected chi connectivity index (χ2v) is 3.28. The summed E-state index contributed by atoms with van der Waals surface area (Å²) in [5, 5.41) is 14.6. The number of aromatic nitrogens is 1. The molecule has 1 heterocycles. The molecule has 1 aromatic heterocycles. The summed E-state index contributed by atoms with van der Waals surface area (Å²) >= 11 is 0. The van der Waals surface area contributed by atoms with Gasteiger partial charge in [0, 0.05) is 12.6 Å². The summed E-state index contributed by atoms with van der Waals surface area (Å²) in [6.07, 6.45) is 0. The molecule has 0 spiro atoms. The quantitative estimate of drug-likeness (QED) is 0.755. The molecule has 0 bridgehead atoms. The normalized spacial score (nSPS) is 12.1. The van der Waals surface area contributed by atoms with Crippen LogP contribution in [0.25, 0.3) is 0 Å². The van der Waals surface area contributed by atoms with Crippen LogP contribution >= 0.6 is 0 Å². The van der Waals surface area contributed by atoms with E-state index in [1.54, 1.807) is 6.92 Å². The van der Waals surface area contributed by atoms with E-state index in [9.17, 15) is 9.59 Å². The topological polar surface area (TPSA) is 92.4 Å². The van der Waals surface area contributed by atoms with Gasteiger partial charge in [0.05, 0.1) is 11.6 Å². The Morgan fingerprint density at radius 2 is 2.33 bits per heavy atom. The number of rotatable bonds is 4. The van der Waals surface area contributed by atoms with Gasteiger partial charge in [0.2, 0.25) is 5.76 Å². The average Bonchev–Trinajstić information content (AvgIpc) is 2.60. The number of aryl methyl sites for hydroxylation is 1. The molecule has 1 atom stereocenters. The Balaban J connectivity index is 2.47. The van der Waals surface area contributed by atoms with Crippen molar-refractivity contribution in [1.82, 2.24) is 10.5 Å². The molecule has 15 heavy (non-hydrogen) atoms. The Morgan fingerprint density at radius 3 is 2.80 bits per heavy atom. The van der Waals surface area contributed by atoms with E-state index < -0.39 is 17.8 Å². The maximum absolute atomic E-state index is 11.3. The van der Waals surface area contributed by atoms with Crippen molar-refractivity contribution in [2.24, 2.45) is 5.92 Å². The SMILES string of the molecule is Cc1cc(C(=O)NCC(C)C(=O)O)on1. The summed E-state index contributed by atoms with van der Waals surface area (Å²) < 4.78 is 4.71. The van der Waals surface area contributed by atoms with E-state index in [1.165, 1.54) is 13.0 Å². The zero-order valence-corrected chi connectivity index (χ0v) is 8.48. The lowest BCUT2D eigenvalue weighted by Crippen LogP contribution is -2.31. The smallest absolute Gasteiger partial charge is 0.308 e. The molecule has 82 valence electrons. The summed E-state index contributed by atoms with van der Waals surface area (Å²) in [6, 6.07) is 1.49. The van der Waals surface area contributed by atoms with E-state index >= 15 is 0 Å². The van der Waals surface area contributed by atoms with Gasteiger partial charge >= 0.3 is 5.97 Å². The summed E-state index contributed by atoms with van der Waals surface area (Å²) in [4.78, 5) is 21.8. The number of hydrogen-bond acceptors (Lipinski definition) is 4. The maximum atomic E-state index is 11.3. The highest BCUT2D eigenvalue weighted by atomic mass is 16.5. The van der Waals surface area contributed by atoms with Crippen LogP contribution in [0, 0.1) is 12.8 Å². The number of hydrogen-bond donors (Lipinski definition) is 2. The van der Waals surface area contributed by atoms with Crippen LogP contribution in [0.4, 0.5) is 0 Å². The molecule has 0 aliphatic rings. The van der Waals surface area contributed by atoms with Crippen LogP contribution in [0.5, 0.6) is 0 Å². The summed E-state index contributed by atoms with van der Waals surface area (Å²) in [5.74, 6) is -1.95. The number of nitrogens with zero attached hydrogens (tertiary/aromatic N) is 1. The fourth-order valence-electron chi connectivity index (χ4n) is 0.891. The molecule has 0 saturated carbocycles. The first-order chi connectivity index (χ1) is 7.00. The van der Waals surface area contributed by atoms with Crippen molar-refractivity contribution in [2.45, 2.75) is 13.8 Å². The summed E-state index contributed by atoms with van der Waals surface area (Å²) in [7, 11) is 0. The first kappa shape index (κ1) is 11.2. The lowest BCUT2D eigenvalue weighted by Gasteiger charge is -2.05. The second kappa shape index (κ2) is 4.59. The molecule has 1 unspecified atom stereocenters. The first-order valence-electron chi connectivity index (χ1n) is 4.45. The Morgan fingerprint density at radius 1 is 1.67 bits per heavy atom. The van der Waals surface area contributed by atoms with Crippen LogP contribution in [-0.2, 0) is 4.79 Å². The fourth-order valence-corrected chi connectivity index (χ4v) is 0.891. The molecule has 0 radical (unpaired) electrons. The van der Waals surface area contributed by atoms with Crippen LogP contribution in [0.2, 0.25) is 0 Å². The van der Waals surface area contributed by atoms with Crippen LogP contribution in [-0.4, -0.2) is 28.7 Å². The third-order valence-electron chi connectivity index (χ3n) is 1.84. The molecule has 0 aliphatic carbocycles. The number of carboxylic acids is 1. The number of nitrogens with one attached hydrogen (secondary N) is 1. The van der Waals surface area contributed by atoms with E-state index in [0.29, 0.717) is 5.69 Å². The van der Waals surface area contributed by atoms with Crippen LogP contribution < -0.4 is 5.32 Å². The Hall–Kier alpha value is -1.85. The van der Waals surface area contributed by atoms with E-state index in [1.807, 2.05) is 0 Å². The van der Waals surface area contributed by atoms with Gasteiger partial charge in [-0.05, 0) is 6.92 Å². The van der Waals surface area contributed by atoms with Gasteiger partial charge in [0.25, 0.3) is 5.91 Å². The third-order valence-corrected chi connectivity index (χ3v) is 1.84. The largest absolute Gasteiger partial charge is 0.481 e. The molecule has 0 saturated heterocycles. The minimum atomic E-state index is -0.955. The highest BCUT2D eigenvalue weighted by Gasteiger charge is 2.15. The van der Waals surface area contributed by atoms with Crippen LogP contribution in [0.1, 0.15) is 23.2 Å². The van der Waals surface area contributed by atoms with Crippen molar-refractivity contribution >= 4 is 11.9 Å². The Bertz CT molecular complexity index is 372. The van der Waals surface area contributed by atoms with Crippen molar-refractivity contribution in [3.8, 4) is 0 Å². The predicted octanol–water partition coefficient (Wildman–Crippen LogP) is 0.434. The molecular weight excluding hydrogens is 200 g/mol. The molecule has 0 aliphatic heterocycles. The van der Waals surface area contributed by atoms with Gasteiger partial charge in [-0.1, -0.05) is 12.1 Å². The van der Waals surface area contributed by atoms with Gasteiger partial charge in [0.1, 0.15) is 0 Å². The lowest BCUT2D eigenvalue weighted by atomic mass is 10.2. The standard InChI is InChI=1S/C9H12N2O4/c1-5(9(13)14)4-10-8(12)7-3-6(2)11-15-7/h3,5H,4H2,1-2H3,(H,10,12)(H,13,14). The molecule has 1 rings (SSSR count). The van der Waals surface area contributed by atoms with Gasteiger partial charge in [-0.2, -0.15) is 0 Å².